The van der Waals surface area contributed by atoms with Crippen LogP contribution in [0, 0.1) is 12.3 Å². The number of hydrogen-bond donors (Lipinski definition) is 1. The minimum Gasteiger partial charge on any atom is -0.370 e. The first-order valence-electron chi connectivity index (χ1n) is 15.0. The number of anilines is 1. The van der Waals surface area contributed by atoms with Gasteiger partial charge in [0.25, 0.3) is 0 Å². The number of fused-ring (bicyclic) bond motifs is 1. The van der Waals surface area contributed by atoms with Crippen LogP contribution >= 0.6 is 0 Å². The topological polar surface area (TPSA) is 31.4 Å². The number of pyridine rings is 1. The summed E-state index contributed by atoms with van der Waals surface area (Å²) in [4.78, 5) is 9.95. The third-order valence-electron chi connectivity index (χ3n) is 8.35. The van der Waals surface area contributed by atoms with Crippen LogP contribution in [0.25, 0.3) is 28.1 Å². The maximum absolute atomic E-state index is 5.46. The van der Waals surface area contributed by atoms with E-state index < -0.39 is 0 Å². The molecule has 41 heavy (non-hydrogen) atoms. The standard InChI is InChI=1S/C27H22N2.C10H20N2/c1-3-20-10-12-23(13-11-20)24-14-15-26-25(18-24)22(4-2)19-27(29-26)28-17-16-21-8-6-5-7-9-21;1-11-6-4-5-10(11)9-12-7-2-3-8-12/h1,4-15,18-19H,2,16-17H2,(H,28,29);10H,2-9H2,1H3. The van der Waals surface area contributed by atoms with Crippen molar-refractivity contribution in [2.75, 3.05) is 45.1 Å². The lowest BCUT2D eigenvalue weighted by molar-refractivity contribution is 0.220. The summed E-state index contributed by atoms with van der Waals surface area (Å²) in [6.07, 6.45) is 14.0. The highest BCUT2D eigenvalue weighted by atomic mass is 15.2. The predicted octanol–water partition coefficient (Wildman–Crippen LogP) is 7.36. The highest BCUT2D eigenvalue weighted by molar-refractivity contribution is 5.92. The van der Waals surface area contributed by atoms with Crippen LogP contribution in [0.3, 0.4) is 0 Å². The number of hydrogen-bond acceptors (Lipinski definition) is 4. The van der Waals surface area contributed by atoms with Crippen LogP contribution in [0.2, 0.25) is 0 Å². The van der Waals surface area contributed by atoms with Crippen molar-refractivity contribution in [1.29, 1.82) is 0 Å². The lowest BCUT2D eigenvalue weighted by Crippen LogP contribution is -2.37. The molecule has 0 bridgehead atoms. The van der Waals surface area contributed by atoms with E-state index in [1.54, 1.807) is 0 Å². The number of rotatable bonds is 8. The molecule has 0 amide bonds. The van der Waals surface area contributed by atoms with Gasteiger partial charge in [0, 0.05) is 30.1 Å². The third kappa shape index (κ3) is 7.64. The minimum atomic E-state index is 0.832. The van der Waals surface area contributed by atoms with Gasteiger partial charge in [-0.15, -0.1) is 6.42 Å². The molecule has 1 N–H and O–H groups in total. The van der Waals surface area contributed by atoms with Crippen molar-refractivity contribution in [1.82, 2.24) is 14.8 Å². The van der Waals surface area contributed by atoms with Gasteiger partial charge in [0.1, 0.15) is 5.82 Å². The van der Waals surface area contributed by atoms with Crippen molar-refractivity contribution in [2.45, 2.75) is 38.1 Å². The van der Waals surface area contributed by atoms with Crippen molar-refractivity contribution in [3.63, 3.8) is 0 Å². The second-order valence-corrected chi connectivity index (χ2v) is 11.2. The molecule has 210 valence electrons. The molecule has 6 rings (SSSR count). The molecular weight excluding hydrogens is 500 g/mol. The van der Waals surface area contributed by atoms with Gasteiger partial charge < -0.3 is 15.1 Å². The van der Waals surface area contributed by atoms with Crippen LogP contribution in [-0.4, -0.2) is 60.6 Å². The van der Waals surface area contributed by atoms with E-state index in [2.05, 4.69) is 95.3 Å². The first-order chi connectivity index (χ1) is 20.1. The highest BCUT2D eigenvalue weighted by Crippen LogP contribution is 2.28. The summed E-state index contributed by atoms with van der Waals surface area (Å²) in [7, 11) is 2.27. The number of terminal acetylenes is 1. The Balaban J connectivity index is 0.000000234. The summed E-state index contributed by atoms with van der Waals surface area (Å²) < 4.78 is 0. The molecule has 2 saturated heterocycles. The fraction of sp³-hybridized carbons (Fsp3) is 0.324. The Morgan fingerprint density at radius 2 is 1.71 bits per heavy atom. The summed E-state index contributed by atoms with van der Waals surface area (Å²) in [6, 6.07) is 27.7. The molecule has 2 aliphatic rings. The molecule has 0 spiro atoms. The minimum absolute atomic E-state index is 0.832. The Hall–Kier alpha value is -3.91. The molecule has 2 fully saturated rings. The number of nitrogens with one attached hydrogen (secondary N) is 1. The van der Waals surface area contributed by atoms with Gasteiger partial charge >= 0.3 is 0 Å². The lowest BCUT2D eigenvalue weighted by Gasteiger charge is -2.24. The third-order valence-corrected chi connectivity index (χ3v) is 8.35. The van der Waals surface area contributed by atoms with Gasteiger partial charge in [-0.3, -0.25) is 0 Å². The Morgan fingerprint density at radius 1 is 0.951 bits per heavy atom. The van der Waals surface area contributed by atoms with E-state index in [0.29, 0.717) is 0 Å². The molecule has 3 aromatic carbocycles. The van der Waals surface area contributed by atoms with Crippen LogP contribution in [0.1, 0.15) is 42.4 Å². The van der Waals surface area contributed by atoms with E-state index in [0.717, 1.165) is 58.0 Å². The number of likely N-dealkylation sites (N-methyl/N-ethyl adjacent to an activating group) is 1. The molecule has 2 aliphatic heterocycles. The monoisotopic (exact) mass is 542 g/mol. The predicted molar refractivity (Wildman–Crippen MR) is 175 cm³/mol. The average molecular weight is 543 g/mol. The molecule has 1 unspecified atom stereocenters. The highest BCUT2D eigenvalue weighted by Gasteiger charge is 2.24. The summed E-state index contributed by atoms with van der Waals surface area (Å²) in [6.45, 7) is 10.2. The Kier molecular flexibility index (Phi) is 9.86. The van der Waals surface area contributed by atoms with Crippen LogP contribution in [0.5, 0.6) is 0 Å². The maximum atomic E-state index is 5.46. The molecule has 1 aromatic heterocycles. The average Bonchev–Trinajstić information content (AvgIpc) is 3.69. The number of likely N-dealkylation sites (tertiary alicyclic amines) is 2. The molecular formula is C37H42N4. The molecule has 4 aromatic rings. The summed E-state index contributed by atoms with van der Waals surface area (Å²) in [5.74, 6) is 3.53. The van der Waals surface area contributed by atoms with Gasteiger partial charge in [-0.1, -0.05) is 67.1 Å². The Morgan fingerprint density at radius 3 is 2.39 bits per heavy atom. The van der Waals surface area contributed by atoms with Gasteiger partial charge in [-0.25, -0.2) is 4.98 Å². The Bertz CT molecular complexity index is 1460. The van der Waals surface area contributed by atoms with Gasteiger partial charge in [0.05, 0.1) is 5.52 Å². The van der Waals surface area contributed by atoms with Crippen molar-refractivity contribution in [3.8, 4) is 23.5 Å². The van der Waals surface area contributed by atoms with Gasteiger partial charge in [-0.2, -0.15) is 0 Å². The number of benzene rings is 3. The van der Waals surface area contributed by atoms with E-state index in [9.17, 15) is 0 Å². The van der Waals surface area contributed by atoms with E-state index in [-0.39, 0.29) is 0 Å². The van der Waals surface area contributed by atoms with Gasteiger partial charge in [-0.05, 0) is 111 Å². The van der Waals surface area contributed by atoms with Crippen LogP contribution in [0.15, 0.2) is 85.4 Å². The van der Waals surface area contributed by atoms with E-state index in [1.165, 1.54) is 57.4 Å². The van der Waals surface area contributed by atoms with Crippen molar-refractivity contribution in [2.24, 2.45) is 0 Å². The normalized spacial score (nSPS) is 17.1. The van der Waals surface area contributed by atoms with E-state index in [4.69, 9.17) is 11.4 Å². The summed E-state index contributed by atoms with van der Waals surface area (Å²) >= 11 is 0. The molecule has 3 heterocycles. The zero-order valence-corrected chi connectivity index (χ0v) is 24.4. The zero-order chi connectivity index (χ0) is 28.4. The summed E-state index contributed by atoms with van der Waals surface area (Å²) in [5, 5.41) is 4.53. The van der Waals surface area contributed by atoms with Crippen molar-refractivity contribution < 1.29 is 0 Å². The summed E-state index contributed by atoms with van der Waals surface area (Å²) in [5.41, 5.74) is 6.48. The van der Waals surface area contributed by atoms with Crippen LogP contribution < -0.4 is 5.32 Å². The molecule has 1 atom stereocenters. The number of nitrogens with zero attached hydrogens (tertiary/aromatic N) is 3. The number of aromatic nitrogens is 1. The largest absolute Gasteiger partial charge is 0.370 e. The van der Waals surface area contributed by atoms with E-state index >= 15 is 0 Å². The van der Waals surface area contributed by atoms with Crippen molar-refractivity contribution in [3.05, 3.63) is 102 Å². The fourth-order valence-electron chi connectivity index (χ4n) is 5.90. The molecule has 0 saturated carbocycles. The lowest BCUT2D eigenvalue weighted by atomic mass is 10.00. The van der Waals surface area contributed by atoms with Crippen molar-refractivity contribution >= 4 is 22.8 Å². The van der Waals surface area contributed by atoms with Crippen LogP contribution in [0.4, 0.5) is 5.82 Å². The fourth-order valence-corrected chi connectivity index (χ4v) is 5.90. The molecule has 0 aliphatic carbocycles. The smallest absolute Gasteiger partial charge is 0.127 e. The molecule has 4 heteroatoms. The molecule has 4 nitrogen and oxygen atoms in total. The SMILES string of the molecule is C#Cc1ccc(-c2ccc3nc(NCCc4ccccc4)cc(C=C)c3c2)cc1.CN1CCCC1CN1CCCC1. The van der Waals surface area contributed by atoms with Gasteiger partial charge in [0.15, 0.2) is 0 Å². The van der Waals surface area contributed by atoms with Crippen LogP contribution in [-0.2, 0) is 6.42 Å². The maximum Gasteiger partial charge on any atom is 0.127 e. The zero-order valence-electron chi connectivity index (χ0n) is 24.4. The van der Waals surface area contributed by atoms with Gasteiger partial charge in [0.2, 0.25) is 0 Å². The first-order valence-corrected chi connectivity index (χ1v) is 15.0. The Labute approximate surface area is 246 Å². The quantitative estimate of drug-likeness (QED) is 0.236. The second-order valence-electron chi connectivity index (χ2n) is 11.2. The first kappa shape index (κ1) is 28.6. The molecule has 0 radical (unpaired) electrons. The second kappa shape index (κ2) is 14.1. The van der Waals surface area contributed by atoms with E-state index in [1.807, 2.05) is 24.3 Å².